The maximum absolute atomic E-state index is 12.2. The van der Waals surface area contributed by atoms with Gasteiger partial charge in [-0.05, 0) is 42.8 Å². The summed E-state index contributed by atoms with van der Waals surface area (Å²) in [6.07, 6.45) is 3.56. The summed E-state index contributed by atoms with van der Waals surface area (Å²) < 4.78 is 10.9. The Kier molecular flexibility index (Phi) is 4.04. The van der Waals surface area contributed by atoms with E-state index >= 15 is 0 Å². The molecule has 0 unspecified atom stereocenters. The number of esters is 1. The third-order valence-electron chi connectivity index (χ3n) is 4.24. The van der Waals surface area contributed by atoms with E-state index in [1.165, 1.54) is 12.1 Å². The van der Waals surface area contributed by atoms with Crippen LogP contribution in [0.15, 0.2) is 64.8 Å². The van der Waals surface area contributed by atoms with Gasteiger partial charge in [-0.1, -0.05) is 18.2 Å². The van der Waals surface area contributed by atoms with Crippen molar-refractivity contribution in [1.82, 2.24) is 0 Å². The molecule has 2 aliphatic heterocycles. The van der Waals surface area contributed by atoms with Crippen LogP contribution < -0.4 is 4.74 Å². The van der Waals surface area contributed by atoms with Crippen LogP contribution >= 0.6 is 0 Å². The van der Waals surface area contributed by atoms with Gasteiger partial charge in [-0.3, -0.25) is 10.1 Å². The summed E-state index contributed by atoms with van der Waals surface area (Å²) in [5, 5.41) is 10.9. The van der Waals surface area contributed by atoms with Crippen molar-refractivity contribution in [2.24, 2.45) is 4.99 Å². The maximum Gasteiger partial charge on any atom is 0.363 e. The zero-order valence-electron chi connectivity index (χ0n) is 14.3. The predicted octanol–water partition coefficient (Wildman–Crippen LogP) is 3.57. The molecular formula is C20H14N2O5. The van der Waals surface area contributed by atoms with Gasteiger partial charge in [-0.25, -0.2) is 9.79 Å². The number of aliphatic imine (C=N–C) groups is 1. The molecule has 2 heterocycles. The van der Waals surface area contributed by atoms with Crippen LogP contribution in [-0.4, -0.2) is 23.4 Å². The molecule has 0 bridgehead atoms. The third-order valence-corrected chi connectivity index (χ3v) is 4.24. The second-order valence-corrected chi connectivity index (χ2v) is 6.14. The number of nitro groups is 1. The van der Waals surface area contributed by atoms with Crippen molar-refractivity contribution < 1.29 is 19.2 Å². The molecule has 0 atom stereocenters. The number of cyclic esters (lactones) is 1. The largest absolute Gasteiger partial charge is 0.488 e. The number of hydrogen-bond donors (Lipinski definition) is 0. The fraction of sp³-hybridized carbons (Fsp3) is 0.100. The van der Waals surface area contributed by atoms with Crippen LogP contribution in [0.1, 0.15) is 16.7 Å². The van der Waals surface area contributed by atoms with Crippen LogP contribution in [0, 0.1) is 17.0 Å². The number of rotatable bonds is 3. The van der Waals surface area contributed by atoms with E-state index in [2.05, 4.69) is 4.99 Å². The van der Waals surface area contributed by atoms with E-state index in [0.717, 1.165) is 16.9 Å². The van der Waals surface area contributed by atoms with Gasteiger partial charge >= 0.3 is 5.97 Å². The van der Waals surface area contributed by atoms with Gasteiger partial charge in [0.05, 0.1) is 4.92 Å². The zero-order chi connectivity index (χ0) is 19.0. The second-order valence-electron chi connectivity index (χ2n) is 6.14. The Hall–Kier alpha value is -3.74. The highest BCUT2D eigenvalue weighted by atomic mass is 16.6. The normalized spacial score (nSPS) is 16.9. The average molecular weight is 362 g/mol. The topological polar surface area (TPSA) is 91.0 Å². The Labute approximate surface area is 154 Å². The minimum absolute atomic E-state index is 0.00242. The van der Waals surface area contributed by atoms with Crippen molar-refractivity contribution in [2.45, 2.75) is 6.92 Å². The van der Waals surface area contributed by atoms with Gasteiger partial charge in [-0.15, -0.1) is 0 Å². The van der Waals surface area contributed by atoms with E-state index in [9.17, 15) is 14.9 Å². The quantitative estimate of drug-likeness (QED) is 0.360. The van der Waals surface area contributed by atoms with Gasteiger partial charge in [0.1, 0.15) is 12.4 Å². The molecule has 2 aromatic rings. The molecule has 0 radical (unpaired) electrons. The fourth-order valence-electron chi connectivity index (χ4n) is 2.92. The first-order chi connectivity index (χ1) is 13.0. The van der Waals surface area contributed by atoms with Gasteiger partial charge in [0.25, 0.3) is 5.69 Å². The van der Waals surface area contributed by atoms with Crippen LogP contribution in [0.4, 0.5) is 5.69 Å². The van der Waals surface area contributed by atoms with Crippen molar-refractivity contribution in [1.29, 1.82) is 0 Å². The van der Waals surface area contributed by atoms with Gasteiger partial charge in [0.2, 0.25) is 5.90 Å². The lowest BCUT2D eigenvalue weighted by atomic mass is 10.1. The number of para-hydroxylation sites is 1. The van der Waals surface area contributed by atoms with Crippen molar-refractivity contribution in [3.8, 4) is 5.75 Å². The van der Waals surface area contributed by atoms with Gasteiger partial charge in [-0.2, -0.15) is 0 Å². The Morgan fingerprint density at radius 2 is 2.04 bits per heavy atom. The van der Waals surface area contributed by atoms with Gasteiger partial charge in [0.15, 0.2) is 5.70 Å². The number of ether oxygens (including phenoxy) is 2. The summed E-state index contributed by atoms with van der Waals surface area (Å²) in [6, 6.07) is 12.1. The number of aryl methyl sites for hydroxylation is 1. The van der Waals surface area contributed by atoms with Crippen LogP contribution in [0.25, 0.3) is 6.08 Å². The summed E-state index contributed by atoms with van der Waals surface area (Å²) in [5.74, 6) is 0.349. The molecule has 0 amide bonds. The molecule has 0 aliphatic carbocycles. The first-order valence-electron chi connectivity index (χ1n) is 8.21. The molecule has 7 nitrogen and oxygen atoms in total. The van der Waals surface area contributed by atoms with Crippen LogP contribution in [-0.2, 0) is 9.53 Å². The lowest BCUT2D eigenvalue weighted by molar-refractivity contribution is -0.385. The number of hydrogen-bond acceptors (Lipinski definition) is 6. The SMILES string of the molecule is Cc1cc(C2=N/C(=C\C3=Cc4ccccc4OC3)C(=O)O2)ccc1[N+](=O)[O-]. The number of carbonyl (C=O) groups is 1. The highest BCUT2D eigenvalue weighted by Gasteiger charge is 2.26. The predicted molar refractivity (Wildman–Crippen MR) is 98.5 cm³/mol. The average Bonchev–Trinajstić information content (AvgIpc) is 3.02. The molecule has 0 saturated carbocycles. The van der Waals surface area contributed by atoms with E-state index in [0.29, 0.717) is 17.7 Å². The smallest absolute Gasteiger partial charge is 0.363 e. The number of carbonyl (C=O) groups excluding carboxylic acids is 1. The molecule has 0 N–H and O–H groups in total. The number of fused-ring (bicyclic) bond motifs is 1. The summed E-state index contributed by atoms with van der Waals surface area (Å²) in [7, 11) is 0. The van der Waals surface area contributed by atoms with Crippen molar-refractivity contribution in [3.63, 3.8) is 0 Å². The minimum atomic E-state index is -0.569. The summed E-state index contributed by atoms with van der Waals surface area (Å²) in [4.78, 5) is 26.9. The zero-order valence-corrected chi connectivity index (χ0v) is 14.3. The van der Waals surface area contributed by atoms with E-state index in [1.807, 2.05) is 30.3 Å². The highest BCUT2D eigenvalue weighted by Crippen LogP contribution is 2.28. The number of nitro benzene ring substituents is 1. The molecule has 2 aromatic carbocycles. The maximum atomic E-state index is 12.2. The van der Waals surface area contributed by atoms with E-state index < -0.39 is 10.9 Å². The van der Waals surface area contributed by atoms with E-state index in [4.69, 9.17) is 9.47 Å². The molecule has 0 fully saturated rings. The van der Waals surface area contributed by atoms with E-state index in [-0.39, 0.29) is 17.3 Å². The molecule has 0 saturated heterocycles. The molecule has 27 heavy (non-hydrogen) atoms. The van der Waals surface area contributed by atoms with Crippen LogP contribution in [0.2, 0.25) is 0 Å². The minimum Gasteiger partial charge on any atom is -0.488 e. The van der Waals surface area contributed by atoms with Crippen molar-refractivity contribution in [2.75, 3.05) is 6.61 Å². The summed E-state index contributed by atoms with van der Waals surface area (Å²) in [5.41, 5.74) is 2.86. The monoisotopic (exact) mass is 362 g/mol. The Morgan fingerprint density at radius 3 is 2.81 bits per heavy atom. The summed E-state index contributed by atoms with van der Waals surface area (Å²) >= 11 is 0. The first-order valence-corrected chi connectivity index (χ1v) is 8.21. The molecular weight excluding hydrogens is 348 g/mol. The van der Waals surface area contributed by atoms with Gasteiger partial charge < -0.3 is 9.47 Å². The standard InChI is InChI=1S/C20H14N2O5/c1-12-8-15(6-7-17(12)22(24)25)19-21-16(20(23)27-19)10-13-9-14-4-2-3-5-18(14)26-11-13/h2-10H,11H2,1H3/b16-10-. The van der Waals surface area contributed by atoms with E-state index in [1.54, 1.807) is 19.1 Å². The molecule has 0 spiro atoms. The lowest BCUT2D eigenvalue weighted by Gasteiger charge is -2.15. The highest BCUT2D eigenvalue weighted by molar-refractivity contribution is 6.11. The number of nitrogens with zero attached hydrogens (tertiary/aromatic N) is 2. The second kappa shape index (κ2) is 6.53. The van der Waals surface area contributed by atoms with Gasteiger partial charge in [0, 0.05) is 22.8 Å². The number of benzene rings is 2. The van der Waals surface area contributed by atoms with Crippen LogP contribution in [0.3, 0.4) is 0 Å². The molecule has 134 valence electrons. The Balaban J connectivity index is 1.64. The Bertz CT molecular complexity index is 1070. The molecule has 2 aliphatic rings. The van der Waals surface area contributed by atoms with Crippen molar-refractivity contribution in [3.05, 3.63) is 86.6 Å². The van der Waals surface area contributed by atoms with Crippen LogP contribution in [0.5, 0.6) is 5.75 Å². The molecule has 4 rings (SSSR count). The Morgan fingerprint density at radius 1 is 1.22 bits per heavy atom. The lowest BCUT2D eigenvalue weighted by Crippen LogP contribution is -2.08. The third kappa shape index (κ3) is 3.22. The van der Waals surface area contributed by atoms with Crippen molar-refractivity contribution >= 4 is 23.6 Å². The fourth-order valence-corrected chi connectivity index (χ4v) is 2.92. The molecule has 0 aromatic heterocycles. The molecule has 7 heteroatoms. The first kappa shape index (κ1) is 16.7. The summed E-state index contributed by atoms with van der Waals surface area (Å²) in [6.45, 7) is 1.95.